The van der Waals surface area contributed by atoms with E-state index >= 15 is 0 Å². The number of hydrogen-bond donors (Lipinski definition) is 1. The molecule has 29 heavy (non-hydrogen) atoms. The summed E-state index contributed by atoms with van der Waals surface area (Å²) in [5, 5.41) is 4.08. The van der Waals surface area contributed by atoms with Gasteiger partial charge in [0.05, 0.1) is 6.33 Å². The van der Waals surface area contributed by atoms with Crippen LogP contribution < -0.4 is 5.32 Å². The van der Waals surface area contributed by atoms with Crippen molar-refractivity contribution in [2.24, 2.45) is 12.5 Å². The van der Waals surface area contributed by atoms with Crippen LogP contribution in [-0.2, 0) is 23.5 Å². The van der Waals surface area contributed by atoms with E-state index in [4.69, 9.17) is 0 Å². The van der Waals surface area contributed by atoms with Gasteiger partial charge in [0, 0.05) is 42.8 Å². The van der Waals surface area contributed by atoms with Crippen LogP contribution in [0.15, 0.2) is 47.9 Å². The Balaban J connectivity index is 1.57. The average molecular weight is 415 g/mol. The molecule has 0 unspecified atom stereocenters. The second kappa shape index (κ2) is 6.93. The third-order valence-corrected chi connectivity index (χ3v) is 9.28. The van der Waals surface area contributed by atoms with Gasteiger partial charge in [-0.15, -0.1) is 0 Å². The van der Waals surface area contributed by atoms with Crippen molar-refractivity contribution in [2.75, 3.05) is 0 Å². The van der Waals surface area contributed by atoms with E-state index in [1.54, 1.807) is 17.1 Å². The van der Waals surface area contributed by atoms with Gasteiger partial charge in [-0.05, 0) is 31.2 Å². The second-order valence-corrected chi connectivity index (χ2v) is 11.1. The van der Waals surface area contributed by atoms with E-state index in [2.05, 4.69) is 41.5 Å². The van der Waals surface area contributed by atoms with Crippen LogP contribution in [-0.4, -0.2) is 46.4 Å². The standard InChI is InChI=1S/C22H30N4O2S/c1-22-13-18-17(12-16-8-4-3-5-9-16)24-19(22)10-6-7-11-20(22)26(18)29(27,28)21-14-25(2)15-23-21/h3-5,8-9,14-15,17-20,24H,6-7,10-13H2,1-2H3/t17-,18+,19-,20+,22-/m1/s1. The topological polar surface area (TPSA) is 67.2 Å². The number of aromatic nitrogens is 2. The molecule has 1 aromatic carbocycles. The Kier molecular flexibility index (Phi) is 4.60. The first kappa shape index (κ1) is 19.3. The number of nitrogens with zero attached hydrogens (tertiary/aromatic N) is 3. The number of aryl methyl sites for hydroxylation is 1. The van der Waals surface area contributed by atoms with Crippen molar-refractivity contribution in [3.05, 3.63) is 48.4 Å². The summed E-state index contributed by atoms with van der Waals surface area (Å²) >= 11 is 0. The Labute approximate surface area is 173 Å². The number of imidazole rings is 1. The van der Waals surface area contributed by atoms with Gasteiger partial charge >= 0.3 is 0 Å². The highest BCUT2D eigenvalue weighted by atomic mass is 32.2. The molecular weight excluding hydrogens is 384 g/mol. The van der Waals surface area contributed by atoms with Gasteiger partial charge in [0.1, 0.15) is 0 Å². The third kappa shape index (κ3) is 3.05. The van der Waals surface area contributed by atoms with Gasteiger partial charge in [0.2, 0.25) is 0 Å². The Hall–Kier alpha value is -1.70. The fraction of sp³-hybridized carbons (Fsp3) is 0.591. The van der Waals surface area contributed by atoms with Crippen LogP contribution in [0.25, 0.3) is 0 Å². The molecule has 3 heterocycles. The lowest BCUT2D eigenvalue weighted by atomic mass is 9.70. The molecule has 3 fully saturated rings. The van der Waals surface area contributed by atoms with Gasteiger partial charge < -0.3 is 9.88 Å². The van der Waals surface area contributed by atoms with Crippen LogP contribution in [0.5, 0.6) is 0 Å². The summed E-state index contributed by atoms with van der Waals surface area (Å²) in [6.45, 7) is 2.31. The molecule has 156 valence electrons. The van der Waals surface area contributed by atoms with Gasteiger partial charge in [-0.2, -0.15) is 4.31 Å². The van der Waals surface area contributed by atoms with Gasteiger partial charge in [-0.25, -0.2) is 13.4 Å². The molecule has 6 nitrogen and oxygen atoms in total. The van der Waals surface area contributed by atoms with E-state index in [9.17, 15) is 8.42 Å². The lowest BCUT2D eigenvalue weighted by Crippen LogP contribution is -2.57. The third-order valence-electron chi connectivity index (χ3n) is 7.46. The maximum absolute atomic E-state index is 13.8. The first-order valence-corrected chi connectivity index (χ1v) is 12.1. The van der Waals surface area contributed by atoms with Gasteiger partial charge in [0.25, 0.3) is 10.0 Å². The Morgan fingerprint density at radius 2 is 1.97 bits per heavy atom. The molecule has 7 heteroatoms. The van der Waals surface area contributed by atoms with E-state index in [0.29, 0.717) is 6.04 Å². The molecule has 1 saturated carbocycles. The van der Waals surface area contributed by atoms with Crippen molar-refractivity contribution in [3.63, 3.8) is 0 Å². The summed E-state index contributed by atoms with van der Waals surface area (Å²) in [5.41, 5.74) is 1.24. The summed E-state index contributed by atoms with van der Waals surface area (Å²) in [5.74, 6) is 0. The van der Waals surface area contributed by atoms with E-state index in [-0.39, 0.29) is 28.6 Å². The monoisotopic (exact) mass is 414 g/mol. The molecule has 2 aromatic rings. The molecule has 1 N–H and O–H groups in total. The minimum Gasteiger partial charge on any atom is -0.339 e. The van der Waals surface area contributed by atoms with E-state index in [0.717, 1.165) is 38.5 Å². The minimum atomic E-state index is -3.64. The molecule has 0 spiro atoms. The number of nitrogens with one attached hydrogen (secondary N) is 1. The molecular formula is C22H30N4O2S. The van der Waals surface area contributed by atoms with Gasteiger partial charge in [-0.1, -0.05) is 50.1 Å². The molecule has 1 aliphatic carbocycles. The predicted octanol–water partition coefficient (Wildman–Crippen LogP) is 2.72. The van der Waals surface area contributed by atoms with E-state index in [1.165, 1.54) is 5.56 Å². The fourth-order valence-corrected chi connectivity index (χ4v) is 8.00. The average Bonchev–Trinajstić information content (AvgIpc) is 3.20. The van der Waals surface area contributed by atoms with Crippen LogP contribution in [0.1, 0.15) is 44.6 Å². The predicted molar refractivity (Wildman–Crippen MR) is 112 cm³/mol. The van der Waals surface area contributed by atoms with E-state index in [1.807, 2.05) is 17.4 Å². The lowest BCUT2D eigenvalue weighted by Gasteiger charge is -2.43. The highest BCUT2D eigenvalue weighted by molar-refractivity contribution is 7.89. The molecule has 1 aromatic heterocycles. The fourth-order valence-electron chi connectivity index (χ4n) is 6.05. The molecule has 0 radical (unpaired) electrons. The molecule has 0 amide bonds. The van der Waals surface area contributed by atoms with Crippen LogP contribution >= 0.6 is 0 Å². The Bertz CT molecular complexity index is 989. The van der Waals surface area contributed by atoms with Crippen LogP contribution in [0.4, 0.5) is 0 Å². The number of benzene rings is 1. The van der Waals surface area contributed by atoms with Crippen LogP contribution in [0.3, 0.4) is 0 Å². The van der Waals surface area contributed by atoms with Gasteiger partial charge in [0.15, 0.2) is 5.03 Å². The Morgan fingerprint density at radius 1 is 1.21 bits per heavy atom. The zero-order valence-electron chi connectivity index (χ0n) is 17.2. The molecule has 5 rings (SSSR count). The number of fused-ring (bicyclic) bond motifs is 1. The van der Waals surface area contributed by atoms with Crippen molar-refractivity contribution in [1.29, 1.82) is 0 Å². The molecule has 2 bridgehead atoms. The zero-order chi connectivity index (χ0) is 20.2. The maximum Gasteiger partial charge on any atom is 0.262 e. The number of rotatable bonds is 4. The van der Waals surface area contributed by atoms with Crippen molar-refractivity contribution in [3.8, 4) is 0 Å². The van der Waals surface area contributed by atoms with E-state index < -0.39 is 10.0 Å². The van der Waals surface area contributed by atoms with Crippen molar-refractivity contribution in [1.82, 2.24) is 19.2 Å². The number of piperidine rings is 1. The molecule has 5 atom stereocenters. The van der Waals surface area contributed by atoms with Crippen molar-refractivity contribution < 1.29 is 8.42 Å². The smallest absolute Gasteiger partial charge is 0.262 e. The quantitative estimate of drug-likeness (QED) is 0.835. The largest absolute Gasteiger partial charge is 0.339 e. The molecule has 2 aliphatic heterocycles. The SMILES string of the molecule is Cn1cnc(S(=O)(=O)N2[C@H]3CCCC[C@H]4N[C@H](Cc5ccccc5)[C@@H]2C[C@@]34C)c1. The van der Waals surface area contributed by atoms with Crippen molar-refractivity contribution >= 4 is 10.0 Å². The lowest BCUT2D eigenvalue weighted by molar-refractivity contribution is 0.144. The van der Waals surface area contributed by atoms with Crippen LogP contribution in [0.2, 0.25) is 0 Å². The molecule has 2 saturated heterocycles. The second-order valence-electron chi connectivity index (χ2n) is 9.31. The minimum absolute atomic E-state index is 0.0177. The summed E-state index contributed by atoms with van der Waals surface area (Å²) in [7, 11) is -1.82. The highest BCUT2D eigenvalue weighted by Gasteiger charge is 2.62. The number of hydrogen-bond acceptors (Lipinski definition) is 4. The highest BCUT2D eigenvalue weighted by Crippen LogP contribution is 2.53. The van der Waals surface area contributed by atoms with Crippen LogP contribution in [0, 0.1) is 5.41 Å². The number of sulfonamides is 1. The normalized spacial score (nSPS) is 34.8. The molecule has 3 aliphatic rings. The summed E-state index contributed by atoms with van der Waals surface area (Å²) < 4.78 is 31.1. The Morgan fingerprint density at radius 3 is 2.69 bits per heavy atom. The first-order chi connectivity index (χ1) is 13.9. The zero-order valence-corrected chi connectivity index (χ0v) is 18.0. The van der Waals surface area contributed by atoms with Crippen molar-refractivity contribution in [2.45, 2.75) is 74.6 Å². The maximum atomic E-state index is 13.8. The summed E-state index contributed by atoms with van der Waals surface area (Å²) in [6, 6.07) is 10.9. The first-order valence-electron chi connectivity index (χ1n) is 10.7. The summed E-state index contributed by atoms with van der Waals surface area (Å²) in [4.78, 5) is 4.22. The van der Waals surface area contributed by atoms with Gasteiger partial charge in [-0.3, -0.25) is 0 Å². The summed E-state index contributed by atoms with van der Waals surface area (Å²) in [6.07, 6.45) is 9.29.